The van der Waals surface area contributed by atoms with E-state index in [9.17, 15) is 9.36 Å². The van der Waals surface area contributed by atoms with Crippen molar-refractivity contribution in [2.75, 3.05) is 7.05 Å². The summed E-state index contributed by atoms with van der Waals surface area (Å²) in [5.41, 5.74) is -0.841. The van der Waals surface area contributed by atoms with E-state index in [2.05, 4.69) is 0 Å². The Hall–Kier alpha value is -1.07. The Morgan fingerprint density at radius 3 is 2.00 bits per heavy atom. The van der Waals surface area contributed by atoms with Gasteiger partial charge in [0.05, 0.1) is 17.7 Å². The minimum Gasteiger partial charge on any atom is -0.404 e. The van der Waals surface area contributed by atoms with Crippen LogP contribution in [0.3, 0.4) is 0 Å². The van der Waals surface area contributed by atoms with Crippen LogP contribution in [0.15, 0.2) is 24.3 Å². The zero-order valence-corrected chi connectivity index (χ0v) is 17.5. The van der Waals surface area contributed by atoms with Crippen molar-refractivity contribution >= 4 is 24.8 Å². The fourth-order valence-electron chi connectivity index (χ4n) is 1.89. The molecule has 142 valence electrons. The third-order valence-corrected chi connectivity index (χ3v) is 4.91. The summed E-state index contributed by atoms with van der Waals surface area (Å²) in [7, 11) is -2.36. The summed E-state index contributed by atoms with van der Waals surface area (Å²) in [4.78, 5) is 12.6. The van der Waals surface area contributed by atoms with Gasteiger partial charge in [0.1, 0.15) is 5.75 Å². The van der Waals surface area contributed by atoms with Crippen molar-refractivity contribution in [2.45, 2.75) is 59.3 Å². The number of phosphoric ester groups is 1. The summed E-state index contributed by atoms with van der Waals surface area (Å²) in [5.74, 6) is 0.309. The minimum absolute atomic E-state index is 0.198. The van der Waals surface area contributed by atoms with Gasteiger partial charge in [0.2, 0.25) is 0 Å². The lowest BCUT2D eigenvalue weighted by molar-refractivity contribution is 0.0222. The fraction of sp³-hybridized carbons (Fsp3) is 0.588. The van der Waals surface area contributed by atoms with Crippen molar-refractivity contribution in [3.63, 3.8) is 0 Å². The second-order valence-electron chi connectivity index (χ2n) is 7.66. The van der Waals surface area contributed by atoms with E-state index in [0.29, 0.717) is 11.3 Å². The quantitative estimate of drug-likeness (QED) is 0.359. The summed E-state index contributed by atoms with van der Waals surface area (Å²) < 4.78 is 30.1. The number of phosphoric acid groups is 1. The number of benzene rings is 1. The van der Waals surface area contributed by atoms with Gasteiger partial charge >= 0.3 is 13.2 Å². The van der Waals surface area contributed by atoms with Gasteiger partial charge in [0.15, 0.2) is 0 Å². The average molecular weight is 392 g/mol. The van der Waals surface area contributed by atoms with E-state index in [1.807, 2.05) is 0 Å². The van der Waals surface area contributed by atoms with Crippen LogP contribution in [0, 0.1) is 0 Å². The van der Waals surface area contributed by atoms with Crippen LogP contribution in [0.5, 0.6) is 5.75 Å². The molecule has 6 nitrogen and oxygen atoms in total. The van der Waals surface area contributed by atoms with Gasteiger partial charge in [-0.15, -0.1) is 0 Å². The van der Waals surface area contributed by atoms with Crippen LogP contribution in [0.4, 0.5) is 4.79 Å². The number of carbonyl (C=O) groups excluding carboxylic acids is 1. The van der Waals surface area contributed by atoms with E-state index >= 15 is 0 Å². The molecule has 0 saturated carbocycles. The third-order valence-electron chi connectivity index (χ3n) is 2.66. The van der Waals surface area contributed by atoms with Crippen molar-refractivity contribution < 1.29 is 22.9 Å². The van der Waals surface area contributed by atoms with Gasteiger partial charge in [-0.2, -0.15) is 0 Å². The van der Waals surface area contributed by atoms with Crippen LogP contribution in [0.25, 0.3) is 0 Å². The van der Waals surface area contributed by atoms with Gasteiger partial charge < -0.3 is 9.42 Å². The van der Waals surface area contributed by atoms with Gasteiger partial charge in [-0.25, -0.2) is 4.57 Å². The van der Waals surface area contributed by atoms with Gasteiger partial charge in [-0.3, -0.25) is 13.8 Å². The highest BCUT2D eigenvalue weighted by molar-refractivity contribution is 7.49. The van der Waals surface area contributed by atoms with Crippen molar-refractivity contribution in [1.29, 1.82) is 0 Å². The van der Waals surface area contributed by atoms with E-state index in [-0.39, 0.29) is 6.54 Å². The Balaban J connectivity index is 3.16. The monoisotopic (exact) mass is 391 g/mol. The lowest BCUT2D eigenvalue weighted by Gasteiger charge is -2.31. The van der Waals surface area contributed by atoms with Gasteiger partial charge in [-0.05, 0) is 59.2 Å². The van der Waals surface area contributed by atoms with Crippen LogP contribution in [0.1, 0.15) is 47.1 Å². The maximum atomic E-state index is 13.2. The number of carbonyl (C=O) groups is 1. The molecule has 1 aromatic carbocycles. The normalized spacial score (nSPS) is 12.8. The summed E-state index contributed by atoms with van der Waals surface area (Å²) in [5, 5.41) is -0.602. The number of rotatable bonds is 6. The van der Waals surface area contributed by atoms with Gasteiger partial charge in [0, 0.05) is 12.6 Å². The molecule has 0 aliphatic heterocycles. The number of hydrogen-bond acceptors (Lipinski definition) is 5. The number of para-hydroxylation sites is 1. The van der Waals surface area contributed by atoms with Crippen molar-refractivity contribution in [2.24, 2.45) is 0 Å². The molecule has 0 heterocycles. The largest absolute Gasteiger partial charge is 0.531 e. The van der Waals surface area contributed by atoms with Crippen LogP contribution in [-0.2, 0) is 20.2 Å². The first-order valence-electron chi connectivity index (χ1n) is 7.90. The molecular formula is C17H27ClNO5P. The SMILES string of the molecule is CN(Cc1ccccc1OP(=O)(OC(C)(C)C)OC(C)(C)C)C(=O)Cl. The molecule has 0 N–H and O–H groups in total. The van der Waals surface area contributed by atoms with Crippen molar-refractivity contribution in [3.8, 4) is 5.75 Å². The first-order chi connectivity index (χ1) is 11.2. The molecule has 0 saturated heterocycles. The summed E-state index contributed by atoms with van der Waals surface area (Å²) in [6.45, 7) is 10.8. The smallest absolute Gasteiger partial charge is 0.404 e. The molecule has 25 heavy (non-hydrogen) atoms. The standard InChI is InChI=1S/C17H27ClNO5P/c1-16(2,3)23-25(21,24-17(4,5)6)22-14-11-9-8-10-13(14)12-19(7)15(18)20/h8-11H,12H2,1-7H3. The Kier molecular flexibility index (Phi) is 7.11. The summed E-state index contributed by atoms with van der Waals surface area (Å²) in [6, 6.07) is 6.92. The van der Waals surface area contributed by atoms with Gasteiger partial charge in [0.25, 0.3) is 0 Å². The fourth-order valence-corrected chi connectivity index (χ4v) is 3.82. The minimum atomic E-state index is -3.91. The molecule has 0 aliphatic carbocycles. The zero-order valence-electron chi connectivity index (χ0n) is 15.8. The molecule has 0 fully saturated rings. The Morgan fingerprint density at radius 1 is 1.08 bits per heavy atom. The van der Waals surface area contributed by atoms with Crippen LogP contribution in [0.2, 0.25) is 0 Å². The first kappa shape index (κ1) is 22.0. The highest BCUT2D eigenvalue weighted by Crippen LogP contribution is 2.55. The Bertz CT molecular complexity index is 631. The van der Waals surface area contributed by atoms with Crippen molar-refractivity contribution in [3.05, 3.63) is 29.8 Å². The molecule has 1 aromatic rings. The molecular weight excluding hydrogens is 365 g/mol. The molecule has 0 atom stereocenters. The van der Waals surface area contributed by atoms with Gasteiger partial charge in [-0.1, -0.05) is 18.2 Å². The van der Waals surface area contributed by atoms with Crippen molar-refractivity contribution in [1.82, 2.24) is 4.90 Å². The van der Waals surface area contributed by atoms with E-state index < -0.39 is 24.4 Å². The number of amides is 1. The van der Waals surface area contributed by atoms with E-state index in [0.717, 1.165) is 0 Å². The molecule has 0 aromatic heterocycles. The molecule has 1 amide bonds. The predicted octanol–water partition coefficient (Wildman–Crippen LogP) is 5.59. The lowest BCUT2D eigenvalue weighted by atomic mass is 10.2. The second kappa shape index (κ2) is 8.09. The third kappa shape index (κ3) is 8.23. The maximum Gasteiger partial charge on any atom is 0.531 e. The maximum absolute atomic E-state index is 13.2. The predicted molar refractivity (Wildman–Crippen MR) is 99.1 cm³/mol. The zero-order chi connectivity index (χ0) is 19.5. The van der Waals surface area contributed by atoms with E-state index in [1.54, 1.807) is 72.9 Å². The Morgan fingerprint density at radius 2 is 1.56 bits per heavy atom. The highest BCUT2D eigenvalue weighted by Gasteiger charge is 2.39. The molecule has 8 heteroatoms. The summed E-state index contributed by atoms with van der Waals surface area (Å²) in [6.07, 6.45) is 0. The topological polar surface area (TPSA) is 65.1 Å². The molecule has 0 spiro atoms. The molecule has 0 bridgehead atoms. The molecule has 0 radical (unpaired) electrons. The first-order valence-corrected chi connectivity index (χ1v) is 9.74. The lowest BCUT2D eigenvalue weighted by Crippen LogP contribution is -2.26. The molecule has 1 rings (SSSR count). The highest BCUT2D eigenvalue weighted by atomic mass is 35.5. The van der Waals surface area contributed by atoms with Crippen LogP contribution >= 0.6 is 19.4 Å². The number of halogens is 1. The van der Waals surface area contributed by atoms with E-state index in [1.165, 1.54) is 4.90 Å². The van der Waals surface area contributed by atoms with Crippen LogP contribution in [-0.4, -0.2) is 28.5 Å². The number of hydrogen-bond donors (Lipinski definition) is 0. The second-order valence-corrected chi connectivity index (χ2v) is 9.43. The van der Waals surface area contributed by atoms with Crippen LogP contribution < -0.4 is 4.52 Å². The Labute approximate surface area is 155 Å². The molecule has 0 unspecified atom stereocenters. The molecule has 0 aliphatic rings. The number of nitrogens with zero attached hydrogens (tertiary/aromatic N) is 1. The summed E-state index contributed by atoms with van der Waals surface area (Å²) >= 11 is 5.48. The average Bonchev–Trinajstić information content (AvgIpc) is 2.35. The van der Waals surface area contributed by atoms with E-state index in [4.69, 9.17) is 25.2 Å².